The number of hydrogen-bond donors (Lipinski definition) is 0. The summed E-state index contributed by atoms with van der Waals surface area (Å²) >= 11 is 0. The number of benzene rings is 1. The van der Waals surface area contributed by atoms with Crippen molar-refractivity contribution in [2.24, 2.45) is 0 Å². The number of carbonyl (C=O) groups is 1. The quantitative estimate of drug-likeness (QED) is 0.486. The van der Waals surface area contributed by atoms with Gasteiger partial charge in [0.2, 0.25) is 0 Å². The van der Waals surface area contributed by atoms with Crippen LogP contribution in [0.15, 0.2) is 39.1 Å². The van der Waals surface area contributed by atoms with E-state index in [0.717, 1.165) is 24.2 Å². The first-order valence-electron chi connectivity index (χ1n) is 8.23. The van der Waals surface area contributed by atoms with E-state index in [1.165, 1.54) is 17.4 Å². The molecule has 1 aliphatic heterocycles. The summed E-state index contributed by atoms with van der Waals surface area (Å²) in [5, 5.41) is 9.99. The summed E-state index contributed by atoms with van der Waals surface area (Å²) in [6.07, 6.45) is 2.46. The summed E-state index contributed by atoms with van der Waals surface area (Å²) in [7, 11) is 1.60. The minimum Gasteiger partial charge on any atom is -0.422 e. The van der Waals surface area contributed by atoms with E-state index in [2.05, 4.69) is 4.90 Å². The largest absolute Gasteiger partial charge is 0.422 e. The highest BCUT2D eigenvalue weighted by Gasteiger charge is 2.17. The van der Waals surface area contributed by atoms with Crippen LogP contribution in [0.3, 0.4) is 0 Å². The third kappa shape index (κ3) is 3.26. The number of nitrogens with zero attached hydrogens (tertiary/aromatic N) is 3. The summed E-state index contributed by atoms with van der Waals surface area (Å²) < 4.78 is 5.40. The van der Waals surface area contributed by atoms with E-state index in [1.54, 1.807) is 13.1 Å². The van der Waals surface area contributed by atoms with Crippen LogP contribution >= 0.6 is 0 Å². The van der Waals surface area contributed by atoms with Crippen LogP contribution < -0.4 is 10.5 Å². The van der Waals surface area contributed by atoms with Gasteiger partial charge < -0.3 is 14.2 Å². The van der Waals surface area contributed by atoms with Crippen molar-refractivity contribution in [1.29, 1.82) is 5.26 Å². The zero-order valence-electron chi connectivity index (χ0n) is 14.3. The van der Waals surface area contributed by atoms with Gasteiger partial charge in [-0.3, -0.25) is 4.79 Å². The summed E-state index contributed by atoms with van der Waals surface area (Å²) in [5.74, 6) is -0.419. The molecule has 0 unspecified atom stereocenters. The Labute approximate surface area is 145 Å². The molecule has 6 nitrogen and oxygen atoms in total. The van der Waals surface area contributed by atoms with Gasteiger partial charge in [0.15, 0.2) is 0 Å². The molecule has 1 aliphatic rings. The second-order valence-corrected chi connectivity index (χ2v) is 6.04. The molecule has 0 radical (unpaired) electrons. The molecular weight excluding hydrogens is 318 g/mol. The SMILES string of the molecule is CCN(C)C(=O)/C(C#N)=C/c1cc2ccc(N3CCC3)cc2oc1=O. The lowest BCUT2D eigenvalue weighted by Gasteiger charge is -2.33. The highest BCUT2D eigenvalue weighted by atomic mass is 16.4. The van der Waals surface area contributed by atoms with Crippen molar-refractivity contribution in [2.45, 2.75) is 13.3 Å². The molecule has 2 heterocycles. The molecule has 0 N–H and O–H groups in total. The molecule has 0 spiro atoms. The van der Waals surface area contributed by atoms with Crippen LogP contribution in [-0.2, 0) is 4.79 Å². The lowest BCUT2D eigenvalue weighted by Crippen LogP contribution is -2.36. The van der Waals surface area contributed by atoms with Crippen LogP contribution in [0, 0.1) is 11.3 Å². The van der Waals surface area contributed by atoms with Gasteiger partial charge in [0, 0.05) is 43.8 Å². The molecule has 0 saturated carbocycles. The maximum atomic E-state index is 12.3. The third-order valence-corrected chi connectivity index (χ3v) is 4.44. The van der Waals surface area contributed by atoms with Crippen LogP contribution in [0.25, 0.3) is 17.0 Å². The van der Waals surface area contributed by atoms with Crippen molar-refractivity contribution in [3.63, 3.8) is 0 Å². The minimum atomic E-state index is -0.562. The molecule has 6 heteroatoms. The number of likely N-dealkylation sites (N-methyl/N-ethyl adjacent to an activating group) is 1. The van der Waals surface area contributed by atoms with Gasteiger partial charge in [0.05, 0.1) is 5.56 Å². The molecule has 0 aliphatic carbocycles. The molecule has 0 bridgehead atoms. The fraction of sp³-hybridized carbons (Fsp3) is 0.316. The Morgan fingerprint density at radius 1 is 1.40 bits per heavy atom. The topological polar surface area (TPSA) is 77.6 Å². The zero-order chi connectivity index (χ0) is 18.0. The number of carbonyl (C=O) groups excluding carboxylic acids is 1. The highest BCUT2D eigenvalue weighted by molar-refractivity contribution is 6.01. The molecule has 2 aromatic rings. The maximum absolute atomic E-state index is 12.3. The zero-order valence-corrected chi connectivity index (χ0v) is 14.3. The van der Waals surface area contributed by atoms with Crippen molar-refractivity contribution in [1.82, 2.24) is 4.90 Å². The van der Waals surface area contributed by atoms with E-state index in [-0.39, 0.29) is 11.1 Å². The smallest absolute Gasteiger partial charge is 0.343 e. The number of hydrogen-bond acceptors (Lipinski definition) is 5. The minimum absolute atomic E-state index is 0.0896. The Morgan fingerprint density at radius 3 is 2.76 bits per heavy atom. The normalized spacial score (nSPS) is 14.1. The lowest BCUT2D eigenvalue weighted by molar-refractivity contribution is -0.125. The monoisotopic (exact) mass is 337 g/mol. The van der Waals surface area contributed by atoms with Gasteiger partial charge in [-0.05, 0) is 37.6 Å². The van der Waals surface area contributed by atoms with E-state index >= 15 is 0 Å². The first-order chi connectivity index (χ1) is 12.0. The number of fused-ring (bicyclic) bond motifs is 1. The first-order valence-corrected chi connectivity index (χ1v) is 8.23. The third-order valence-electron chi connectivity index (χ3n) is 4.44. The second-order valence-electron chi connectivity index (χ2n) is 6.04. The average molecular weight is 337 g/mol. The number of nitriles is 1. The summed E-state index contributed by atoms with van der Waals surface area (Å²) in [5.41, 5.74) is 1.07. The predicted molar refractivity (Wildman–Crippen MR) is 96.2 cm³/mol. The average Bonchev–Trinajstić information content (AvgIpc) is 2.57. The van der Waals surface area contributed by atoms with Crippen molar-refractivity contribution in [3.8, 4) is 6.07 Å². The maximum Gasteiger partial charge on any atom is 0.343 e. The van der Waals surface area contributed by atoms with Crippen LogP contribution in [0.1, 0.15) is 18.9 Å². The van der Waals surface area contributed by atoms with Crippen LogP contribution in [0.2, 0.25) is 0 Å². The standard InChI is InChI=1S/C19H19N3O3/c1-3-21(2)18(23)15(12-20)10-14-9-13-5-6-16(22-7-4-8-22)11-17(13)25-19(14)24/h5-6,9-11H,3-4,7-8H2,1-2H3/b15-10+. The molecule has 1 fully saturated rings. The fourth-order valence-electron chi connectivity index (χ4n) is 2.63. The Balaban J connectivity index is 2.00. The number of anilines is 1. The van der Waals surface area contributed by atoms with Gasteiger partial charge in [-0.15, -0.1) is 0 Å². The number of amides is 1. The molecule has 25 heavy (non-hydrogen) atoms. The van der Waals surface area contributed by atoms with Gasteiger partial charge in [-0.25, -0.2) is 4.79 Å². The number of rotatable bonds is 4. The van der Waals surface area contributed by atoms with Crippen LogP contribution in [-0.4, -0.2) is 37.5 Å². The predicted octanol–water partition coefficient (Wildman–Crippen LogP) is 2.39. The van der Waals surface area contributed by atoms with Crippen molar-refractivity contribution < 1.29 is 9.21 Å². The fourth-order valence-corrected chi connectivity index (χ4v) is 2.63. The van der Waals surface area contributed by atoms with E-state index in [0.29, 0.717) is 12.1 Å². The van der Waals surface area contributed by atoms with Crippen molar-refractivity contribution in [2.75, 3.05) is 31.6 Å². The highest BCUT2D eigenvalue weighted by Crippen LogP contribution is 2.25. The van der Waals surface area contributed by atoms with E-state index in [1.807, 2.05) is 31.2 Å². The molecule has 1 aromatic carbocycles. The van der Waals surface area contributed by atoms with Crippen LogP contribution in [0.5, 0.6) is 0 Å². The molecule has 128 valence electrons. The lowest BCUT2D eigenvalue weighted by atomic mass is 10.1. The first kappa shape index (κ1) is 16.8. The van der Waals surface area contributed by atoms with E-state index < -0.39 is 11.5 Å². The molecule has 1 amide bonds. The molecular formula is C19H19N3O3. The Hall–Kier alpha value is -3.07. The summed E-state index contributed by atoms with van der Waals surface area (Å²) in [4.78, 5) is 28.0. The van der Waals surface area contributed by atoms with Crippen molar-refractivity contribution >= 4 is 28.6 Å². The van der Waals surface area contributed by atoms with Gasteiger partial charge in [-0.2, -0.15) is 5.26 Å². The molecule has 1 saturated heterocycles. The summed E-state index contributed by atoms with van der Waals surface area (Å²) in [6.45, 7) is 4.31. The van der Waals surface area contributed by atoms with E-state index in [9.17, 15) is 14.9 Å². The molecule has 3 rings (SSSR count). The second kappa shape index (κ2) is 6.81. The van der Waals surface area contributed by atoms with Crippen LogP contribution in [0.4, 0.5) is 5.69 Å². The van der Waals surface area contributed by atoms with Gasteiger partial charge in [0.25, 0.3) is 5.91 Å². The summed E-state index contributed by atoms with van der Waals surface area (Å²) in [6, 6.07) is 9.23. The Morgan fingerprint density at radius 2 is 2.16 bits per heavy atom. The molecule has 0 atom stereocenters. The Kier molecular flexibility index (Phi) is 4.57. The van der Waals surface area contributed by atoms with Crippen molar-refractivity contribution in [3.05, 3.63) is 45.8 Å². The van der Waals surface area contributed by atoms with Gasteiger partial charge in [0.1, 0.15) is 17.2 Å². The Bertz CT molecular complexity index is 949. The molecule has 1 aromatic heterocycles. The van der Waals surface area contributed by atoms with Gasteiger partial charge >= 0.3 is 5.63 Å². The van der Waals surface area contributed by atoms with Gasteiger partial charge in [-0.1, -0.05) is 0 Å². The van der Waals surface area contributed by atoms with E-state index in [4.69, 9.17) is 4.42 Å².